The van der Waals surface area contributed by atoms with Crippen molar-refractivity contribution in [3.8, 4) is 0 Å². The summed E-state index contributed by atoms with van der Waals surface area (Å²) >= 11 is 0. The number of fused-ring (bicyclic) bond motifs is 10. The summed E-state index contributed by atoms with van der Waals surface area (Å²) in [6.07, 6.45) is 0. The molecule has 13 aromatic rings. The number of furan rings is 1. The molecule has 73 heavy (non-hydrogen) atoms. The molecule has 0 bridgehead atoms. The van der Waals surface area contributed by atoms with E-state index >= 15 is 0 Å². The summed E-state index contributed by atoms with van der Waals surface area (Å²) in [6.45, 7) is 0. The molecule has 5 heteroatoms. The number of nitrogens with zero attached hydrogens (tertiary/aromatic N) is 2. The first-order chi connectivity index (χ1) is 36.2. The van der Waals surface area contributed by atoms with Crippen molar-refractivity contribution in [2.75, 3.05) is 9.80 Å². The van der Waals surface area contributed by atoms with Crippen molar-refractivity contribution in [1.29, 1.82) is 0 Å². The van der Waals surface area contributed by atoms with Gasteiger partial charge in [-0.1, -0.05) is 218 Å². The molecule has 12 aromatic carbocycles. The zero-order chi connectivity index (χ0) is 48.1. The molecule has 0 unspecified atom stereocenters. The number of hydrogen-bond acceptors (Lipinski definition) is 3. The third-order valence-electron chi connectivity index (χ3n) is 15.9. The SMILES string of the molecule is c1ccc([Si]2(c3ccccc3)c3ccccc3N(c3ccc4c(ccc5cc(N6c7ccccc7[Si](c7ccccc7)(c7ccccc7)c7cc8c(cc76)oc6ccccc68)ccc54)c3)c3ccccc32)cc1. The summed E-state index contributed by atoms with van der Waals surface area (Å²) in [4.78, 5) is 5.01. The molecule has 1 aromatic heterocycles. The fraction of sp³-hybridized carbons (Fsp3) is 0. The minimum atomic E-state index is -2.91. The first-order valence-corrected chi connectivity index (χ1v) is 29.2. The number of benzene rings is 12. The normalized spacial score (nSPS) is 14.2. The Morgan fingerprint density at radius 2 is 0.630 bits per heavy atom. The summed E-state index contributed by atoms with van der Waals surface area (Å²) in [5.41, 5.74) is 8.88. The van der Waals surface area contributed by atoms with Gasteiger partial charge < -0.3 is 14.2 Å². The van der Waals surface area contributed by atoms with Crippen LogP contribution >= 0.6 is 0 Å². The van der Waals surface area contributed by atoms with Gasteiger partial charge in [-0.3, -0.25) is 0 Å². The van der Waals surface area contributed by atoms with E-state index in [9.17, 15) is 0 Å². The first-order valence-electron chi connectivity index (χ1n) is 25.2. The van der Waals surface area contributed by atoms with Gasteiger partial charge in [0.2, 0.25) is 0 Å². The Morgan fingerprint density at radius 1 is 0.247 bits per heavy atom. The van der Waals surface area contributed by atoms with E-state index in [4.69, 9.17) is 4.42 Å². The van der Waals surface area contributed by atoms with Crippen molar-refractivity contribution in [2.45, 2.75) is 0 Å². The second-order valence-corrected chi connectivity index (χ2v) is 27.0. The van der Waals surface area contributed by atoms with Crippen LogP contribution < -0.4 is 51.3 Å². The van der Waals surface area contributed by atoms with E-state index in [2.05, 4.69) is 289 Å². The molecule has 0 radical (unpaired) electrons. The molecular formula is C68H46N2OSi2. The third kappa shape index (κ3) is 5.98. The van der Waals surface area contributed by atoms with Gasteiger partial charge in [0.15, 0.2) is 16.1 Å². The van der Waals surface area contributed by atoms with Crippen LogP contribution in [0.25, 0.3) is 43.5 Å². The van der Waals surface area contributed by atoms with Gasteiger partial charge in [-0.05, 0) is 118 Å². The van der Waals surface area contributed by atoms with Crippen LogP contribution in [0, 0.1) is 0 Å². The highest BCUT2D eigenvalue weighted by atomic mass is 28.3. The predicted molar refractivity (Wildman–Crippen MR) is 312 cm³/mol. The molecule has 0 amide bonds. The van der Waals surface area contributed by atoms with Gasteiger partial charge in [0.05, 0.1) is 5.69 Å². The zero-order valence-corrected chi connectivity index (χ0v) is 41.9. The molecule has 0 atom stereocenters. The molecule has 0 spiro atoms. The summed E-state index contributed by atoms with van der Waals surface area (Å²) < 4.78 is 6.72. The van der Waals surface area contributed by atoms with Gasteiger partial charge in [0, 0.05) is 45.3 Å². The van der Waals surface area contributed by atoms with Gasteiger partial charge in [-0.15, -0.1) is 0 Å². The summed E-state index contributed by atoms with van der Waals surface area (Å²) in [6, 6.07) is 104. The van der Waals surface area contributed by atoms with Crippen molar-refractivity contribution < 1.29 is 4.42 Å². The molecule has 2 aliphatic heterocycles. The second kappa shape index (κ2) is 16.3. The number of anilines is 6. The molecule has 0 saturated carbocycles. The monoisotopic (exact) mass is 962 g/mol. The van der Waals surface area contributed by atoms with Crippen LogP contribution in [0.2, 0.25) is 0 Å². The molecule has 0 N–H and O–H groups in total. The van der Waals surface area contributed by atoms with E-state index in [0.717, 1.165) is 39.0 Å². The molecule has 342 valence electrons. The van der Waals surface area contributed by atoms with Crippen molar-refractivity contribution in [1.82, 2.24) is 0 Å². The molecule has 0 saturated heterocycles. The lowest BCUT2D eigenvalue weighted by atomic mass is 10.00. The van der Waals surface area contributed by atoms with Crippen LogP contribution in [0.1, 0.15) is 0 Å². The Hall–Kier alpha value is -9.01. The zero-order valence-electron chi connectivity index (χ0n) is 39.9. The summed E-state index contributed by atoms with van der Waals surface area (Å²) in [5, 5.41) is 18.1. The highest BCUT2D eigenvalue weighted by molar-refractivity contribution is 7.22. The molecule has 0 fully saturated rings. The Labute approximate surface area is 426 Å². The van der Waals surface area contributed by atoms with E-state index in [1.165, 1.54) is 80.1 Å². The fourth-order valence-corrected chi connectivity index (χ4v) is 23.2. The number of hydrogen-bond donors (Lipinski definition) is 0. The van der Waals surface area contributed by atoms with E-state index < -0.39 is 16.1 Å². The maximum absolute atomic E-state index is 6.72. The maximum Gasteiger partial charge on any atom is 0.184 e. The van der Waals surface area contributed by atoms with Gasteiger partial charge in [-0.25, -0.2) is 0 Å². The van der Waals surface area contributed by atoms with Crippen LogP contribution in [-0.4, -0.2) is 16.1 Å². The lowest BCUT2D eigenvalue weighted by Crippen LogP contribution is -2.77. The van der Waals surface area contributed by atoms with Crippen LogP contribution in [0.5, 0.6) is 0 Å². The van der Waals surface area contributed by atoms with E-state index in [1.807, 2.05) is 0 Å². The first kappa shape index (κ1) is 41.7. The van der Waals surface area contributed by atoms with Gasteiger partial charge in [-0.2, -0.15) is 0 Å². The predicted octanol–water partition coefficient (Wildman–Crippen LogP) is 12.2. The van der Waals surface area contributed by atoms with Crippen LogP contribution in [0.4, 0.5) is 34.1 Å². The van der Waals surface area contributed by atoms with Gasteiger partial charge >= 0.3 is 0 Å². The quantitative estimate of drug-likeness (QED) is 0.122. The Kier molecular flexibility index (Phi) is 9.30. The molecular weight excluding hydrogens is 917 g/mol. The van der Waals surface area contributed by atoms with Crippen molar-refractivity contribution in [3.63, 3.8) is 0 Å². The third-order valence-corrected chi connectivity index (χ3v) is 25.6. The smallest absolute Gasteiger partial charge is 0.184 e. The fourth-order valence-electron chi connectivity index (χ4n) is 13.0. The van der Waals surface area contributed by atoms with E-state index in [0.29, 0.717) is 0 Å². The standard InChI is InChI=1S/C68H46N2OSi2/c1-5-21-51(22-6-1)72(52-23-7-2-8-24-52)65-34-18-14-30-59(65)69(60-31-15-19-35-66(60)72)49-39-41-55-47(43-49)37-38-48-44-50(40-42-56(48)55)70-61-32-16-20-36-67(61)73(53-25-9-3-10-26-53,54-27-11-4-12-28-54)68-45-58-57-29-13-17-33-63(57)71-64(58)46-62(68)70/h1-46H. The van der Waals surface area contributed by atoms with Crippen molar-refractivity contribution in [2.24, 2.45) is 0 Å². The number of para-hydroxylation sites is 4. The molecule has 15 rings (SSSR count). The average Bonchev–Trinajstić information content (AvgIpc) is 3.84. The average molecular weight is 963 g/mol. The second-order valence-electron chi connectivity index (χ2n) is 19.5. The molecule has 3 nitrogen and oxygen atoms in total. The Balaban J connectivity index is 0.903. The lowest BCUT2D eigenvalue weighted by molar-refractivity contribution is 0.669. The van der Waals surface area contributed by atoms with Crippen LogP contribution in [-0.2, 0) is 0 Å². The maximum atomic E-state index is 6.72. The highest BCUT2D eigenvalue weighted by Gasteiger charge is 2.50. The molecule has 0 aliphatic carbocycles. The minimum absolute atomic E-state index is 0.892. The number of rotatable bonds is 6. The summed E-state index contributed by atoms with van der Waals surface area (Å²) in [7, 11) is -5.63. The lowest BCUT2D eigenvalue weighted by Gasteiger charge is -2.45. The Morgan fingerprint density at radius 3 is 1.10 bits per heavy atom. The topological polar surface area (TPSA) is 19.6 Å². The largest absolute Gasteiger partial charge is 0.456 e. The van der Waals surface area contributed by atoms with E-state index in [-0.39, 0.29) is 0 Å². The molecule has 2 aliphatic rings. The highest BCUT2D eigenvalue weighted by Crippen LogP contribution is 2.44. The van der Waals surface area contributed by atoms with Crippen molar-refractivity contribution in [3.05, 3.63) is 279 Å². The van der Waals surface area contributed by atoms with Crippen molar-refractivity contribution >= 4 is 135 Å². The van der Waals surface area contributed by atoms with Crippen LogP contribution in [0.15, 0.2) is 283 Å². The summed E-state index contributed by atoms with van der Waals surface area (Å²) in [5.74, 6) is 0. The van der Waals surface area contributed by atoms with Gasteiger partial charge in [0.25, 0.3) is 0 Å². The molecule has 3 heterocycles. The van der Waals surface area contributed by atoms with Crippen LogP contribution in [0.3, 0.4) is 0 Å². The minimum Gasteiger partial charge on any atom is -0.456 e. The van der Waals surface area contributed by atoms with Gasteiger partial charge in [0.1, 0.15) is 11.2 Å². The van der Waals surface area contributed by atoms with E-state index in [1.54, 1.807) is 0 Å². The Bertz CT molecular complexity index is 4160.